The maximum atomic E-state index is 11.9. The molecule has 1 amide bonds. The molecule has 1 fully saturated rings. The van der Waals surface area contributed by atoms with Crippen LogP contribution in [0, 0.1) is 0 Å². The van der Waals surface area contributed by atoms with E-state index in [-0.39, 0.29) is 23.5 Å². The Labute approximate surface area is 130 Å². The monoisotopic (exact) mass is 320 g/mol. The molecule has 5 nitrogen and oxygen atoms in total. The molecule has 0 aliphatic carbocycles. The van der Waals surface area contributed by atoms with E-state index in [9.17, 15) is 13.2 Å². The van der Waals surface area contributed by atoms with Gasteiger partial charge in [0.25, 0.3) is 0 Å². The number of hydrogen-bond donors (Lipinski definition) is 2. The van der Waals surface area contributed by atoms with Gasteiger partial charge in [-0.25, -0.2) is 8.42 Å². The molecule has 22 heavy (non-hydrogen) atoms. The average molecular weight is 320 g/mol. The summed E-state index contributed by atoms with van der Waals surface area (Å²) in [5.41, 5.74) is 2.32. The standard InChI is InChI=1S/C16H20N2O3S/c19-16(18-13-8-9-22(20,21)11-13)7-3-4-12-10-17-15-6-2-1-5-14(12)15/h1-2,5-6,10,13,17H,3-4,7-9,11H2,(H,18,19)/t13-/m1/s1. The summed E-state index contributed by atoms with van der Waals surface area (Å²) in [5, 5.41) is 4.02. The van der Waals surface area contributed by atoms with Crippen molar-refractivity contribution in [1.82, 2.24) is 10.3 Å². The largest absolute Gasteiger partial charge is 0.361 e. The number of rotatable bonds is 5. The third-order valence-electron chi connectivity index (χ3n) is 4.12. The van der Waals surface area contributed by atoms with Crippen molar-refractivity contribution < 1.29 is 13.2 Å². The first-order valence-corrected chi connectivity index (χ1v) is 9.40. The highest BCUT2D eigenvalue weighted by atomic mass is 32.2. The van der Waals surface area contributed by atoms with Gasteiger partial charge < -0.3 is 10.3 Å². The van der Waals surface area contributed by atoms with Crippen LogP contribution in [0.4, 0.5) is 0 Å². The first kappa shape index (κ1) is 15.1. The smallest absolute Gasteiger partial charge is 0.220 e. The maximum absolute atomic E-state index is 11.9. The van der Waals surface area contributed by atoms with Crippen molar-refractivity contribution >= 4 is 26.6 Å². The molecule has 1 aliphatic heterocycles. The minimum Gasteiger partial charge on any atom is -0.361 e. The number of fused-ring (bicyclic) bond motifs is 1. The summed E-state index contributed by atoms with van der Waals surface area (Å²) in [4.78, 5) is 15.1. The lowest BCUT2D eigenvalue weighted by Crippen LogP contribution is -2.35. The Morgan fingerprint density at radius 3 is 2.91 bits per heavy atom. The molecule has 2 N–H and O–H groups in total. The lowest BCUT2D eigenvalue weighted by atomic mass is 10.1. The zero-order valence-electron chi connectivity index (χ0n) is 12.3. The van der Waals surface area contributed by atoms with E-state index < -0.39 is 9.84 Å². The summed E-state index contributed by atoms with van der Waals surface area (Å²) in [7, 11) is -2.94. The number of carbonyl (C=O) groups excluding carboxylic acids is 1. The summed E-state index contributed by atoms with van der Waals surface area (Å²) >= 11 is 0. The van der Waals surface area contributed by atoms with Crippen LogP contribution in [0.25, 0.3) is 10.9 Å². The predicted molar refractivity (Wildman–Crippen MR) is 86.4 cm³/mol. The number of hydrogen-bond acceptors (Lipinski definition) is 3. The number of carbonyl (C=O) groups is 1. The van der Waals surface area contributed by atoms with Crippen molar-refractivity contribution in [3.63, 3.8) is 0 Å². The Kier molecular flexibility index (Phi) is 4.20. The van der Waals surface area contributed by atoms with Crippen molar-refractivity contribution in [2.75, 3.05) is 11.5 Å². The van der Waals surface area contributed by atoms with Crippen LogP contribution in [0.15, 0.2) is 30.5 Å². The van der Waals surface area contributed by atoms with Crippen LogP contribution >= 0.6 is 0 Å². The summed E-state index contributed by atoms with van der Waals surface area (Å²) in [6.07, 6.45) is 4.55. The van der Waals surface area contributed by atoms with Crippen LogP contribution in [0.5, 0.6) is 0 Å². The molecular formula is C16H20N2O3S. The second kappa shape index (κ2) is 6.12. The van der Waals surface area contributed by atoms with Crippen LogP contribution in [0.1, 0.15) is 24.8 Å². The number of aromatic nitrogens is 1. The Morgan fingerprint density at radius 1 is 1.32 bits per heavy atom. The quantitative estimate of drug-likeness (QED) is 0.881. The van der Waals surface area contributed by atoms with E-state index in [1.54, 1.807) is 0 Å². The van der Waals surface area contributed by atoms with Crippen molar-refractivity contribution in [2.24, 2.45) is 0 Å². The zero-order valence-corrected chi connectivity index (χ0v) is 13.2. The minimum absolute atomic E-state index is 0.0538. The molecule has 118 valence electrons. The van der Waals surface area contributed by atoms with Gasteiger partial charge >= 0.3 is 0 Å². The van der Waals surface area contributed by atoms with E-state index in [0.29, 0.717) is 12.8 Å². The second-order valence-corrected chi connectivity index (χ2v) is 8.11. The zero-order chi connectivity index (χ0) is 15.6. The molecule has 2 heterocycles. The summed E-state index contributed by atoms with van der Waals surface area (Å²) in [6.45, 7) is 0. The fourth-order valence-corrected chi connectivity index (χ4v) is 4.66. The van der Waals surface area contributed by atoms with Gasteiger partial charge in [-0.05, 0) is 30.9 Å². The molecule has 0 bridgehead atoms. The third-order valence-corrected chi connectivity index (χ3v) is 5.89. The molecule has 1 saturated heterocycles. The molecule has 0 unspecified atom stereocenters. The highest BCUT2D eigenvalue weighted by Gasteiger charge is 2.28. The number of amides is 1. The number of para-hydroxylation sites is 1. The number of benzene rings is 1. The number of nitrogens with one attached hydrogen (secondary N) is 2. The number of aromatic amines is 1. The van der Waals surface area contributed by atoms with E-state index in [1.807, 2.05) is 24.4 Å². The molecule has 0 radical (unpaired) electrons. The van der Waals surface area contributed by atoms with Gasteiger partial charge in [0, 0.05) is 29.6 Å². The van der Waals surface area contributed by atoms with Crippen LogP contribution in [0.3, 0.4) is 0 Å². The molecular weight excluding hydrogens is 300 g/mol. The molecule has 2 aromatic rings. The van der Waals surface area contributed by atoms with E-state index in [0.717, 1.165) is 18.4 Å². The van der Waals surface area contributed by atoms with Gasteiger partial charge in [0.05, 0.1) is 11.5 Å². The lowest BCUT2D eigenvalue weighted by molar-refractivity contribution is -0.121. The molecule has 0 spiro atoms. The Balaban J connectivity index is 1.48. The number of aryl methyl sites for hydroxylation is 1. The highest BCUT2D eigenvalue weighted by molar-refractivity contribution is 7.91. The van der Waals surface area contributed by atoms with Crippen LogP contribution in [-0.2, 0) is 21.1 Å². The second-order valence-electron chi connectivity index (χ2n) is 5.88. The van der Waals surface area contributed by atoms with Crippen molar-refractivity contribution in [3.05, 3.63) is 36.0 Å². The number of sulfone groups is 1. The average Bonchev–Trinajstić information content (AvgIpc) is 3.03. The van der Waals surface area contributed by atoms with E-state index in [2.05, 4.69) is 16.4 Å². The molecule has 1 aromatic heterocycles. The first-order chi connectivity index (χ1) is 10.5. The minimum atomic E-state index is -2.94. The maximum Gasteiger partial charge on any atom is 0.220 e. The first-order valence-electron chi connectivity index (χ1n) is 7.58. The fraction of sp³-hybridized carbons (Fsp3) is 0.438. The number of H-pyrrole nitrogens is 1. The summed E-state index contributed by atoms with van der Waals surface area (Å²) in [5.74, 6) is 0.219. The van der Waals surface area contributed by atoms with Gasteiger partial charge in [-0.2, -0.15) is 0 Å². The molecule has 0 saturated carbocycles. The molecule has 1 atom stereocenters. The summed E-state index contributed by atoms with van der Waals surface area (Å²) in [6, 6.07) is 7.90. The molecule has 6 heteroatoms. The molecule has 3 rings (SSSR count). The lowest BCUT2D eigenvalue weighted by Gasteiger charge is -2.10. The van der Waals surface area contributed by atoms with E-state index >= 15 is 0 Å². The van der Waals surface area contributed by atoms with Gasteiger partial charge in [0.1, 0.15) is 0 Å². The van der Waals surface area contributed by atoms with Crippen LogP contribution < -0.4 is 5.32 Å². The topological polar surface area (TPSA) is 79.0 Å². The van der Waals surface area contributed by atoms with Gasteiger partial charge in [0.2, 0.25) is 5.91 Å². The fourth-order valence-electron chi connectivity index (χ4n) is 2.99. The van der Waals surface area contributed by atoms with Crippen molar-refractivity contribution in [1.29, 1.82) is 0 Å². The molecule has 1 aliphatic rings. The van der Waals surface area contributed by atoms with Crippen molar-refractivity contribution in [3.8, 4) is 0 Å². The Morgan fingerprint density at radius 2 is 2.14 bits per heavy atom. The van der Waals surface area contributed by atoms with Gasteiger partial charge in [-0.15, -0.1) is 0 Å². The summed E-state index contributed by atoms with van der Waals surface area (Å²) < 4.78 is 22.7. The predicted octanol–water partition coefficient (Wildman–Crippen LogP) is 1.79. The third kappa shape index (κ3) is 3.50. The van der Waals surface area contributed by atoms with E-state index in [1.165, 1.54) is 10.9 Å². The van der Waals surface area contributed by atoms with E-state index in [4.69, 9.17) is 0 Å². The SMILES string of the molecule is O=C(CCCc1c[nH]c2ccccc12)N[C@@H]1CCS(=O)(=O)C1. The van der Waals surface area contributed by atoms with Gasteiger partial charge in [-0.3, -0.25) is 4.79 Å². The van der Waals surface area contributed by atoms with Crippen LogP contribution in [-0.4, -0.2) is 36.9 Å². The highest BCUT2D eigenvalue weighted by Crippen LogP contribution is 2.19. The molecule has 1 aromatic carbocycles. The Hall–Kier alpha value is -1.82. The van der Waals surface area contributed by atoms with Gasteiger partial charge in [-0.1, -0.05) is 18.2 Å². The van der Waals surface area contributed by atoms with Crippen LogP contribution in [0.2, 0.25) is 0 Å². The Bertz CT molecular complexity index is 780. The van der Waals surface area contributed by atoms with Gasteiger partial charge in [0.15, 0.2) is 9.84 Å². The normalized spacial score (nSPS) is 20.3. The van der Waals surface area contributed by atoms with Crippen molar-refractivity contribution in [2.45, 2.75) is 31.7 Å².